The summed E-state index contributed by atoms with van der Waals surface area (Å²) in [6.07, 6.45) is 3.24. The standard InChI is InChI=1S/C22H29NO3/c1-20(2,3)15-18(24)12-13-22(16-23,19(25)26-21(4,5)6)14-17-10-8-7-9-11-17/h7-13H,14-15H2,1-6H3/b13-12-/t22-/m0/s1. The topological polar surface area (TPSA) is 67.2 Å². The van der Waals surface area contributed by atoms with Gasteiger partial charge in [-0.25, -0.2) is 4.79 Å². The molecule has 1 aromatic carbocycles. The number of ether oxygens (including phenoxy) is 1. The lowest BCUT2D eigenvalue weighted by Gasteiger charge is -2.27. The molecule has 0 saturated carbocycles. The molecule has 0 spiro atoms. The Hall–Kier alpha value is -2.41. The molecule has 0 unspecified atom stereocenters. The van der Waals surface area contributed by atoms with Crippen LogP contribution in [0.5, 0.6) is 0 Å². The number of hydrogen-bond acceptors (Lipinski definition) is 4. The van der Waals surface area contributed by atoms with E-state index >= 15 is 0 Å². The zero-order valence-corrected chi connectivity index (χ0v) is 16.6. The van der Waals surface area contributed by atoms with Crippen molar-refractivity contribution in [3.63, 3.8) is 0 Å². The van der Waals surface area contributed by atoms with E-state index in [2.05, 4.69) is 6.07 Å². The van der Waals surface area contributed by atoms with Crippen molar-refractivity contribution in [3.8, 4) is 6.07 Å². The second-order valence-electron chi connectivity index (χ2n) is 8.78. The number of nitriles is 1. The molecule has 0 heterocycles. The summed E-state index contributed by atoms with van der Waals surface area (Å²) >= 11 is 0. The van der Waals surface area contributed by atoms with Gasteiger partial charge in [0.2, 0.25) is 0 Å². The van der Waals surface area contributed by atoms with Crippen LogP contribution in [0.25, 0.3) is 0 Å². The Kier molecular flexibility index (Phi) is 6.92. The van der Waals surface area contributed by atoms with E-state index < -0.39 is 17.0 Å². The second kappa shape index (κ2) is 8.31. The molecule has 0 aliphatic rings. The van der Waals surface area contributed by atoms with Crippen LogP contribution in [0.3, 0.4) is 0 Å². The summed E-state index contributed by atoms with van der Waals surface area (Å²) in [5.74, 6) is -0.759. The molecule has 0 aliphatic carbocycles. The first-order valence-corrected chi connectivity index (χ1v) is 8.78. The first kappa shape index (κ1) is 21.6. The highest BCUT2D eigenvalue weighted by atomic mass is 16.6. The number of carbonyl (C=O) groups excluding carboxylic acids is 2. The maximum absolute atomic E-state index is 12.8. The number of nitrogens with zero attached hydrogens (tertiary/aromatic N) is 1. The number of ketones is 1. The van der Waals surface area contributed by atoms with E-state index in [9.17, 15) is 14.9 Å². The van der Waals surface area contributed by atoms with Crippen LogP contribution in [-0.4, -0.2) is 17.4 Å². The second-order valence-corrected chi connectivity index (χ2v) is 8.78. The molecule has 0 aliphatic heterocycles. The van der Waals surface area contributed by atoms with Gasteiger partial charge in [-0.05, 0) is 43.9 Å². The maximum Gasteiger partial charge on any atom is 0.331 e. The molecule has 1 atom stereocenters. The van der Waals surface area contributed by atoms with Crippen molar-refractivity contribution >= 4 is 11.8 Å². The third-order valence-electron chi connectivity index (χ3n) is 3.55. The molecule has 1 rings (SSSR count). The van der Waals surface area contributed by atoms with E-state index in [1.807, 2.05) is 51.1 Å². The molecule has 4 heteroatoms. The number of allylic oxidation sites excluding steroid dienone is 1. The monoisotopic (exact) mass is 355 g/mol. The average molecular weight is 355 g/mol. The molecule has 0 radical (unpaired) electrons. The van der Waals surface area contributed by atoms with E-state index in [0.29, 0.717) is 6.42 Å². The lowest BCUT2D eigenvalue weighted by molar-refractivity contribution is -0.161. The molecule has 1 aromatic rings. The van der Waals surface area contributed by atoms with Gasteiger partial charge in [-0.15, -0.1) is 0 Å². The highest BCUT2D eigenvalue weighted by Crippen LogP contribution is 2.29. The SMILES string of the molecule is CC(C)(C)CC(=O)/C=C\[C@@](C#N)(Cc1ccccc1)C(=O)OC(C)(C)C. The van der Waals surface area contributed by atoms with Crippen LogP contribution in [0.15, 0.2) is 42.5 Å². The fraction of sp³-hybridized carbons (Fsp3) is 0.500. The lowest BCUT2D eigenvalue weighted by atomic mass is 9.81. The number of benzene rings is 1. The van der Waals surface area contributed by atoms with Crippen LogP contribution in [0.2, 0.25) is 0 Å². The van der Waals surface area contributed by atoms with Crippen molar-refractivity contribution in [1.82, 2.24) is 0 Å². The summed E-state index contributed by atoms with van der Waals surface area (Å²) in [5.41, 5.74) is -1.60. The third-order valence-corrected chi connectivity index (χ3v) is 3.55. The Morgan fingerprint density at radius 1 is 1.08 bits per heavy atom. The van der Waals surface area contributed by atoms with Crippen molar-refractivity contribution in [2.45, 2.75) is 60.0 Å². The van der Waals surface area contributed by atoms with Gasteiger partial charge in [0.05, 0.1) is 6.07 Å². The normalized spacial score (nSPS) is 14.5. The summed E-state index contributed by atoms with van der Waals surface area (Å²) in [5, 5.41) is 9.84. The maximum atomic E-state index is 12.8. The van der Waals surface area contributed by atoms with Crippen LogP contribution >= 0.6 is 0 Å². The molecule has 0 amide bonds. The zero-order chi connectivity index (χ0) is 20.0. The van der Waals surface area contributed by atoms with E-state index in [-0.39, 0.29) is 17.6 Å². The average Bonchev–Trinajstić information content (AvgIpc) is 2.49. The van der Waals surface area contributed by atoms with Crippen LogP contribution in [-0.2, 0) is 20.7 Å². The van der Waals surface area contributed by atoms with Gasteiger partial charge >= 0.3 is 5.97 Å². The highest BCUT2D eigenvalue weighted by Gasteiger charge is 2.40. The third kappa shape index (κ3) is 7.23. The summed E-state index contributed by atoms with van der Waals surface area (Å²) in [6, 6.07) is 11.4. The quantitative estimate of drug-likeness (QED) is 0.550. The molecular formula is C22H29NO3. The molecule has 26 heavy (non-hydrogen) atoms. The Balaban J connectivity index is 3.20. The first-order valence-electron chi connectivity index (χ1n) is 8.78. The van der Waals surface area contributed by atoms with Crippen molar-refractivity contribution in [2.75, 3.05) is 0 Å². The van der Waals surface area contributed by atoms with E-state index in [0.717, 1.165) is 5.56 Å². The Labute approximate surface area is 156 Å². The molecular weight excluding hydrogens is 326 g/mol. The van der Waals surface area contributed by atoms with Gasteiger partial charge < -0.3 is 4.74 Å². The number of esters is 1. The van der Waals surface area contributed by atoms with Crippen LogP contribution in [0.4, 0.5) is 0 Å². The largest absolute Gasteiger partial charge is 0.459 e. The lowest BCUT2D eigenvalue weighted by Crippen LogP contribution is -2.37. The molecule has 0 N–H and O–H groups in total. The predicted octanol–water partition coefficient (Wildman–Crippen LogP) is 4.64. The Morgan fingerprint density at radius 2 is 1.65 bits per heavy atom. The van der Waals surface area contributed by atoms with Gasteiger partial charge in [0.25, 0.3) is 0 Å². The van der Waals surface area contributed by atoms with E-state index in [1.54, 1.807) is 20.8 Å². The van der Waals surface area contributed by atoms with Crippen molar-refractivity contribution in [2.24, 2.45) is 10.8 Å². The van der Waals surface area contributed by atoms with Crippen LogP contribution < -0.4 is 0 Å². The summed E-state index contributed by atoms with van der Waals surface area (Å²) < 4.78 is 5.48. The zero-order valence-electron chi connectivity index (χ0n) is 16.6. The smallest absolute Gasteiger partial charge is 0.331 e. The van der Waals surface area contributed by atoms with Crippen LogP contribution in [0, 0.1) is 22.2 Å². The number of rotatable bonds is 6. The van der Waals surface area contributed by atoms with E-state index in [4.69, 9.17) is 4.74 Å². The van der Waals surface area contributed by atoms with Crippen molar-refractivity contribution < 1.29 is 14.3 Å². The van der Waals surface area contributed by atoms with Crippen LogP contribution in [0.1, 0.15) is 53.5 Å². The summed E-state index contributed by atoms with van der Waals surface area (Å²) in [6.45, 7) is 11.2. The molecule has 0 saturated heterocycles. The molecule has 0 aromatic heterocycles. The minimum Gasteiger partial charge on any atom is -0.459 e. The van der Waals surface area contributed by atoms with Gasteiger partial charge in [-0.1, -0.05) is 51.1 Å². The van der Waals surface area contributed by atoms with Gasteiger partial charge in [0.15, 0.2) is 11.2 Å². The van der Waals surface area contributed by atoms with Crippen molar-refractivity contribution in [3.05, 3.63) is 48.0 Å². The molecule has 0 fully saturated rings. The number of carbonyl (C=O) groups is 2. The molecule has 4 nitrogen and oxygen atoms in total. The highest BCUT2D eigenvalue weighted by molar-refractivity contribution is 5.92. The first-order chi connectivity index (χ1) is 11.9. The minimum atomic E-state index is -1.54. The summed E-state index contributed by atoms with van der Waals surface area (Å²) in [4.78, 5) is 25.0. The Morgan fingerprint density at radius 3 is 2.12 bits per heavy atom. The van der Waals surface area contributed by atoms with Gasteiger partial charge in [-0.3, -0.25) is 4.79 Å². The molecule has 140 valence electrons. The minimum absolute atomic E-state index is 0.117. The van der Waals surface area contributed by atoms with Gasteiger partial charge in [0.1, 0.15) is 5.60 Å². The fourth-order valence-corrected chi connectivity index (χ4v) is 2.43. The van der Waals surface area contributed by atoms with Gasteiger partial charge in [0, 0.05) is 12.8 Å². The fourth-order valence-electron chi connectivity index (χ4n) is 2.43. The number of hydrogen-bond donors (Lipinski definition) is 0. The molecule has 0 bridgehead atoms. The summed E-state index contributed by atoms with van der Waals surface area (Å²) in [7, 11) is 0. The van der Waals surface area contributed by atoms with E-state index in [1.165, 1.54) is 12.2 Å². The Bertz CT molecular complexity index is 700. The van der Waals surface area contributed by atoms with Gasteiger partial charge in [-0.2, -0.15) is 5.26 Å². The van der Waals surface area contributed by atoms with Crippen molar-refractivity contribution in [1.29, 1.82) is 5.26 Å². The predicted molar refractivity (Wildman–Crippen MR) is 102 cm³/mol.